The molecule has 0 spiro atoms. The molecule has 0 amide bonds. The predicted molar refractivity (Wildman–Crippen MR) is 149 cm³/mol. The van der Waals surface area contributed by atoms with Gasteiger partial charge in [0.1, 0.15) is 5.75 Å². The normalized spacial score (nSPS) is 24.4. The molecule has 1 aliphatic heterocycles. The van der Waals surface area contributed by atoms with Gasteiger partial charge in [0.25, 0.3) is 0 Å². The number of hydrogen-bond acceptors (Lipinski definition) is 4. The molecular weight excluding hydrogens is 465 g/mol. The number of thiocarbonyl (C=S) groups is 1. The van der Waals surface area contributed by atoms with Crippen molar-refractivity contribution < 1.29 is 4.74 Å². The van der Waals surface area contributed by atoms with E-state index in [0.29, 0.717) is 11.8 Å². The summed E-state index contributed by atoms with van der Waals surface area (Å²) >= 11 is 9.61. The van der Waals surface area contributed by atoms with Crippen LogP contribution in [-0.4, -0.2) is 35.1 Å². The van der Waals surface area contributed by atoms with Crippen LogP contribution in [0.15, 0.2) is 60.7 Å². The average molecular weight is 499 g/mol. The van der Waals surface area contributed by atoms with Crippen molar-refractivity contribution in [2.24, 2.45) is 5.92 Å². The lowest BCUT2D eigenvalue weighted by atomic mass is 9.75. The summed E-state index contributed by atoms with van der Waals surface area (Å²) in [5.41, 5.74) is 2.73. The lowest BCUT2D eigenvalue weighted by molar-refractivity contribution is 0.320. The molecular formula is C27H34N2OS3. The maximum Gasteiger partial charge on any atom is 0.166 e. The van der Waals surface area contributed by atoms with E-state index in [2.05, 4.69) is 102 Å². The summed E-state index contributed by atoms with van der Waals surface area (Å²) in [6.45, 7) is 3.82. The third-order valence-electron chi connectivity index (χ3n) is 6.53. The smallest absolute Gasteiger partial charge is 0.166 e. The third kappa shape index (κ3) is 5.90. The second kappa shape index (κ2) is 11.7. The first-order chi connectivity index (χ1) is 16.1. The van der Waals surface area contributed by atoms with E-state index in [0.717, 1.165) is 29.7 Å². The van der Waals surface area contributed by atoms with E-state index in [4.69, 9.17) is 17.0 Å². The molecule has 0 radical (unpaired) electrons. The van der Waals surface area contributed by atoms with Gasteiger partial charge in [-0.25, -0.2) is 0 Å². The van der Waals surface area contributed by atoms with Crippen molar-refractivity contribution in [1.29, 1.82) is 0 Å². The minimum atomic E-state index is 0.185. The van der Waals surface area contributed by atoms with E-state index in [1.54, 1.807) is 7.11 Å². The second-order valence-corrected chi connectivity index (χ2v) is 12.1. The fourth-order valence-electron chi connectivity index (χ4n) is 4.95. The Morgan fingerprint density at radius 3 is 2.64 bits per heavy atom. The molecule has 2 aromatic rings. The summed E-state index contributed by atoms with van der Waals surface area (Å²) < 4.78 is 5.59. The molecule has 0 bridgehead atoms. The van der Waals surface area contributed by atoms with Crippen LogP contribution in [0.3, 0.4) is 0 Å². The van der Waals surface area contributed by atoms with Crippen molar-refractivity contribution in [3.05, 3.63) is 71.8 Å². The van der Waals surface area contributed by atoms with Gasteiger partial charge in [-0.3, -0.25) is 0 Å². The number of fused-ring (bicyclic) bond motifs is 1. The van der Waals surface area contributed by atoms with Crippen molar-refractivity contribution in [1.82, 2.24) is 10.6 Å². The first-order valence-corrected chi connectivity index (χ1v) is 14.1. The van der Waals surface area contributed by atoms with E-state index >= 15 is 0 Å². The number of allylic oxidation sites excluding steroid dienone is 1. The van der Waals surface area contributed by atoms with Crippen LogP contribution in [0.25, 0.3) is 4.91 Å². The Hall–Kier alpha value is -1.63. The zero-order valence-corrected chi connectivity index (χ0v) is 22.0. The number of thioether (sulfide) groups is 2. The zero-order valence-electron chi connectivity index (χ0n) is 19.5. The molecule has 33 heavy (non-hydrogen) atoms. The Morgan fingerprint density at radius 2 is 1.91 bits per heavy atom. The standard InChI is InChI=1S/C27H34N2OS3/c1-3-28-26(31)29-17-18-32-27-16-8-7-11-24(27)23(20-9-5-4-6-10-20)19-25(33-27)21-12-14-22(30-2)15-13-21/h4-6,9-10,12-15,19,23-24H,3,7-8,11,16-18H2,1-2H3,(H2,28,29,31)/t23-,24+,27+/m1/s1. The first kappa shape index (κ1) is 24.5. The lowest BCUT2D eigenvalue weighted by Gasteiger charge is -2.49. The third-order valence-corrected chi connectivity index (χ3v) is 10.3. The number of hydrogen-bond donors (Lipinski definition) is 2. The largest absolute Gasteiger partial charge is 0.497 e. The van der Waals surface area contributed by atoms with Gasteiger partial charge in [-0.05, 0) is 61.2 Å². The van der Waals surface area contributed by atoms with E-state index < -0.39 is 0 Å². The fourth-order valence-corrected chi connectivity index (χ4v) is 8.78. The van der Waals surface area contributed by atoms with Crippen molar-refractivity contribution in [2.75, 3.05) is 26.0 Å². The number of ether oxygens (including phenoxy) is 1. The van der Waals surface area contributed by atoms with E-state index in [1.807, 2.05) is 0 Å². The highest BCUT2D eigenvalue weighted by atomic mass is 32.2. The fraction of sp³-hybridized carbons (Fsp3) is 0.444. The Labute approximate surface area is 212 Å². The van der Waals surface area contributed by atoms with Gasteiger partial charge < -0.3 is 15.4 Å². The lowest BCUT2D eigenvalue weighted by Crippen LogP contribution is -2.41. The molecule has 1 fully saturated rings. The zero-order chi connectivity index (χ0) is 23.1. The van der Waals surface area contributed by atoms with Gasteiger partial charge >= 0.3 is 0 Å². The molecule has 6 heteroatoms. The SMILES string of the molecule is CCNC(=S)NCCS[C@]12CCCC[C@H]1[C@@H](c1ccccc1)C=C(c1ccc(OC)cc1)S2. The van der Waals surface area contributed by atoms with Crippen LogP contribution in [0.5, 0.6) is 5.75 Å². The van der Waals surface area contributed by atoms with Crippen LogP contribution in [0.2, 0.25) is 0 Å². The number of methoxy groups -OCH3 is 1. The van der Waals surface area contributed by atoms with Crippen LogP contribution in [0.4, 0.5) is 0 Å². The van der Waals surface area contributed by atoms with E-state index in [9.17, 15) is 0 Å². The monoisotopic (exact) mass is 498 g/mol. The van der Waals surface area contributed by atoms with Crippen molar-refractivity contribution in [3.8, 4) is 5.75 Å². The molecule has 1 saturated carbocycles. The molecule has 2 aliphatic rings. The summed E-state index contributed by atoms with van der Waals surface area (Å²) in [5.74, 6) is 3.02. The maximum absolute atomic E-state index is 5.40. The van der Waals surface area contributed by atoms with Crippen LogP contribution >= 0.6 is 35.7 Å². The van der Waals surface area contributed by atoms with Crippen LogP contribution in [-0.2, 0) is 0 Å². The summed E-state index contributed by atoms with van der Waals surface area (Å²) in [6, 6.07) is 19.7. The van der Waals surface area contributed by atoms with Gasteiger partial charge in [-0.1, -0.05) is 61.4 Å². The quantitative estimate of drug-likeness (QED) is 0.312. The van der Waals surface area contributed by atoms with Crippen LogP contribution in [0.1, 0.15) is 49.7 Å². The molecule has 1 heterocycles. The first-order valence-electron chi connectivity index (χ1n) is 11.9. The Kier molecular flexibility index (Phi) is 8.67. The molecule has 0 saturated heterocycles. The molecule has 1 aliphatic carbocycles. The molecule has 0 aromatic heterocycles. The Bertz CT molecular complexity index is 948. The molecule has 2 aromatic carbocycles. The van der Waals surface area contributed by atoms with Crippen molar-refractivity contribution >= 4 is 45.8 Å². The minimum Gasteiger partial charge on any atom is -0.497 e. The number of rotatable bonds is 8. The van der Waals surface area contributed by atoms with Gasteiger partial charge in [0, 0.05) is 29.7 Å². The highest BCUT2D eigenvalue weighted by Gasteiger charge is 2.48. The van der Waals surface area contributed by atoms with Gasteiger partial charge in [-0.15, -0.1) is 23.5 Å². The van der Waals surface area contributed by atoms with Gasteiger partial charge in [0.15, 0.2) is 5.11 Å². The number of nitrogens with one attached hydrogen (secondary N) is 2. The van der Waals surface area contributed by atoms with Gasteiger partial charge in [0.2, 0.25) is 0 Å². The molecule has 176 valence electrons. The van der Waals surface area contributed by atoms with Crippen LogP contribution < -0.4 is 15.4 Å². The molecule has 4 rings (SSSR count). The number of benzene rings is 2. The minimum absolute atomic E-state index is 0.185. The van der Waals surface area contributed by atoms with Gasteiger partial charge in [0.05, 0.1) is 11.2 Å². The second-order valence-electron chi connectivity index (χ2n) is 8.60. The topological polar surface area (TPSA) is 33.3 Å². The molecule has 3 atom stereocenters. The maximum atomic E-state index is 5.40. The van der Waals surface area contributed by atoms with Gasteiger partial charge in [-0.2, -0.15) is 0 Å². The molecule has 0 unspecified atom stereocenters. The van der Waals surface area contributed by atoms with E-state index in [-0.39, 0.29) is 4.08 Å². The molecule has 3 nitrogen and oxygen atoms in total. The Balaban J connectivity index is 1.62. The van der Waals surface area contributed by atoms with Crippen molar-refractivity contribution in [2.45, 2.75) is 42.6 Å². The van der Waals surface area contributed by atoms with E-state index in [1.165, 1.54) is 41.7 Å². The summed E-state index contributed by atoms with van der Waals surface area (Å²) in [7, 11) is 1.73. The summed E-state index contributed by atoms with van der Waals surface area (Å²) in [4.78, 5) is 1.40. The van der Waals surface area contributed by atoms with Crippen LogP contribution in [0, 0.1) is 5.92 Å². The highest BCUT2D eigenvalue weighted by Crippen LogP contribution is 2.63. The molecule has 2 N–H and O–H groups in total. The highest BCUT2D eigenvalue weighted by molar-refractivity contribution is 8.22. The average Bonchev–Trinajstić information content (AvgIpc) is 2.86. The predicted octanol–water partition coefficient (Wildman–Crippen LogP) is 6.67. The summed E-state index contributed by atoms with van der Waals surface area (Å²) in [5, 5.41) is 7.32. The Morgan fingerprint density at radius 1 is 1.12 bits per heavy atom. The summed E-state index contributed by atoms with van der Waals surface area (Å²) in [6.07, 6.45) is 7.70. The van der Waals surface area contributed by atoms with Crippen molar-refractivity contribution in [3.63, 3.8) is 0 Å².